The van der Waals surface area contributed by atoms with Crippen molar-refractivity contribution in [1.82, 2.24) is 14.8 Å². The van der Waals surface area contributed by atoms with Gasteiger partial charge in [-0.15, -0.1) is 10.2 Å². The van der Waals surface area contributed by atoms with E-state index in [1.54, 1.807) is 12.1 Å². The first kappa shape index (κ1) is 23.0. The van der Waals surface area contributed by atoms with Gasteiger partial charge in [-0.3, -0.25) is 4.57 Å². The highest BCUT2D eigenvalue weighted by molar-refractivity contribution is 7.98. The lowest BCUT2D eigenvalue weighted by molar-refractivity contribution is -0.0512. The summed E-state index contributed by atoms with van der Waals surface area (Å²) < 4.78 is 48.0. The first-order valence-electron chi connectivity index (χ1n) is 10.7. The summed E-state index contributed by atoms with van der Waals surface area (Å²) in [5, 5.41) is 9.61. The lowest BCUT2D eigenvalue weighted by Crippen LogP contribution is -2.05. The molecule has 0 aliphatic carbocycles. The molecule has 0 spiro atoms. The zero-order valence-electron chi connectivity index (χ0n) is 18.7. The molecule has 0 radical (unpaired) electrons. The minimum atomic E-state index is -2.92. The lowest BCUT2D eigenvalue weighted by Gasteiger charge is -2.13. The Balaban J connectivity index is 1.41. The van der Waals surface area contributed by atoms with Gasteiger partial charge in [-0.1, -0.05) is 54.2 Å². The summed E-state index contributed by atoms with van der Waals surface area (Å²) in [6.45, 7) is -2.18. The SMILES string of the molecule is COc1cc(CSc2nnc(-c3ccccc3)n2Cc2ccc3c(c2)OCO3)ccc1OC(F)F. The van der Waals surface area contributed by atoms with Gasteiger partial charge in [0.25, 0.3) is 0 Å². The van der Waals surface area contributed by atoms with Crippen molar-refractivity contribution in [3.8, 4) is 34.4 Å². The van der Waals surface area contributed by atoms with Crippen LogP contribution >= 0.6 is 11.8 Å². The zero-order chi connectivity index (χ0) is 24.2. The van der Waals surface area contributed by atoms with Gasteiger partial charge in [0.05, 0.1) is 13.7 Å². The van der Waals surface area contributed by atoms with Crippen molar-refractivity contribution in [1.29, 1.82) is 0 Å². The Bertz CT molecular complexity index is 1320. The van der Waals surface area contributed by atoms with Gasteiger partial charge < -0.3 is 18.9 Å². The molecule has 0 amide bonds. The molecule has 0 fully saturated rings. The number of fused-ring (bicyclic) bond motifs is 1. The van der Waals surface area contributed by atoms with E-state index >= 15 is 0 Å². The van der Waals surface area contributed by atoms with E-state index in [2.05, 4.69) is 14.9 Å². The molecular weight excluding hydrogens is 476 g/mol. The Labute approximate surface area is 204 Å². The van der Waals surface area contributed by atoms with E-state index in [-0.39, 0.29) is 18.3 Å². The highest BCUT2D eigenvalue weighted by atomic mass is 32.2. The summed E-state index contributed by atoms with van der Waals surface area (Å²) in [5.41, 5.74) is 2.83. The first-order chi connectivity index (χ1) is 17.1. The van der Waals surface area contributed by atoms with Crippen LogP contribution in [-0.2, 0) is 12.3 Å². The molecule has 4 aromatic rings. The van der Waals surface area contributed by atoms with E-state index in [9.17, 15) is 8.78 Å². The van der Waals surface area contributed by atoms with Crippen molar-refractivity contribution in [3.05, 3.63) is 77.9 Å². The second-order valence-electron chi connectivity index (χ2n) is 7.60. The third-order valence-corrected chi connectivity index (χ3v) is 6.38. The van der Waals surface area contributed by atoms with Crippen LogP contribution in [0.3, 0.4) is 0 Å². The third kappa shape index (κ3) is 5.17. The number of benzene rings is 3. The minimum Gasteiger partial charge on any atom is -0.493 e. The number of ether oxygens (including phenoxy) is 4. The van der Waals surface area contributed by atoms with Crippen molar-refractivity contribution in [2.24, 2.45) is 0 Å². The Kier molecular flexibility index (Phi) is 6.71. The molecule has 1 aromatic heterocycles. The molecule has 0 saturated heterocycles. The van der Waals surface area contributed by atoms with Gasteiger partial charge >= 0.3 is 6.61 Å². The second kappa shape index (κ2) is 10.2. The summed E-state index contributed by atoms with van der Waals surface area (Å²) >= 11 is 1.49. The molecule has 7 nitrogen and oxygen atoms in total. The van der Waals surface area contributed by atoms with Crippen LogP contribution in [0.1, 0.15) is 11.1 Å². The molecule has 35 heavy (non-hydrogen) atoms. The minimum absolute atomic E-state index is 0.00594. The smallest absolute Gasteiger partial charge is 0.387 e. The molecule has 2 heterocycles. The molecule has 1 aliphatic rings. The van der Waals surface area contributed by atoms with Gasteiger partial charge in [0, 0.05) is 11.3 Å². The molecule has 0 atom stereocenters. The number of methoxy groups -OCH3 is 1. The van der Waals surface area contributed by atoms with Crippen LogP contribution in [0.15, 0.2) is 71.9 Å². The van der Waals surface area contributed by atoms with Crippen LogP contribution < -0.4 is 18.9 Å². The maximum atomic E-state index is 12.6. The summed E-state index contributed by atoms with van der Waals surface area (Å²) in [6.07, 6.45) is 0. The summed E-state index contributed by atoms with van der Waals surface area (Å²) in [4.78, 5) is 0. The molecule has 180 valence electrons. The molecule has 0 saturated carbocycles. The first-order valence-corrected chi connectivity index (χ1v) is 11.7. The molecule has 0 unspecified atom stereocenters. The van der Waals surface area contributed by atoms with Gasteiger partial charge in [0.1, 0.15) is 0 Å². The molecule has 3 aromatic carbocycles. The maximum absolute atomic E-state index is 12.6. The van der Waals surface area contributed by atoms with E-state index in [1.807, 2.05) is 53.1 Å². The fourth-order valence-electron chi connectivity index (χ4n) is 3.70. The average molecular weight is 498 g/mol. The van der Waals surface area contributed by atoms with Crippen LogP contribution in [0.4, 0.5) is 8.78 Å². The molecule has 5 rings (SSSR count). The van der Waals surface area contributed by atoms with Crippen molar-refractivity contribution in [3.63, 3.8) is 0 Å². The highest BCUT2D eigenvalue weighted by Gasteiger charge is 2.18. The van der Waals surface area contributed by atoms with Gasteiger partial charge in [-0.05, 0) is 35.4 Å². The van der Waals surface area contributed by atoms with E-state index < -0.39 is 6.61 Å². The van der Waals surface area contributed by atoms with E-state index in [0.717, 1.165) is 28.3 Å². The van der Waals surface area contributed by atoms with Gasteiger partial charge in [0.2, 0.25) is 6.79 Å². The fraction of sp³-hybridized carbons (Fsp3) is 0.200. The number of nitrogens with zero attached hydrogens (tertiary/aromatic N) is 3. The van der Waals surface area contributed by atoms with Crippen molar-refractivity contribution >= 4 is 11.8 Å². The van der Waals surface area contributed by atoms with Crippen LogP contribution in [0.25, 0.3) is 11.4 Å². The largest absolute Gasteiger partial charge is 0.493 e. The lowest BCUT2D eigenvalue weighted by atomic mass is 10.2. The third-order valence-electron chi connectivity index (χ3n) is 5.34. The van der Waals surface area contributed by atoms with Crippen LogP contribution in [-0.4, -0.2) is 35.3 Å². The van der Waals surface area contributed by atoms with Crippen molar-refractivity contribution in [2.75, 3.05) is 13.9 Å². The quantitative estimate of drug-likeness (QED) is 0.278. The van der Waals surface area contributed by atoms with Gasteiger partial charge in [0.15, 0.2) is 34.0 Å². The number of alkyl halides is 2. The average Bonchev–Trinajstić information content (AvgIpc) is 3.50. The van der Waals surface area contributed by atoms with Crippen LogP contribution in [0.2, 0.25) is 0 Å². The van der Waals surface area contributed by atoms with E-state index in [1.165, 1.54) is 24.9 Å². The predicted octanol–water partition coefficient (Wildman–Crippen LogP) is 5.62. The van der Waals surface area contributed by atoms with E-state index in [0.29, 0.717) is 23.2 Å². The van der Waals surface area contributed by atoms with E-state index in [4.69, 9.17) is 14.2 Å². The zero-order valence-corrected chi connectivity index (χ0v) is 19.5. The second-order valence-corrected chi connectivity index (χ2v) is 8.54. The number of rotatable bonds is 9. The summed E-state index contributed by atoms with van der Waals surface area (Å²) in [6, 6.07) is 20.6. The maximum Gasteiger partial charge on any atom is 0.387 e. The topological polar surface area (TPSA) is 67.6 Å². The number of hydrogen-bond acceptors (Lipinski definition) is 7. The summed E-state index contributed by atoms with van der Waals surface area (Å²) in [7, 11) is 1.42. The highest BCUT2D eigenvalue weighted by Crippen LogP contribution is 2.35. The van der Waals surface area contributed by atoms with Crippen LogP contribution in [0.5, 0.6) is 23.0 Å². The Morgan fingerprint density at radius 3 is 2.54 bits per heavy atom. The molecule has 0 N–H and O–H groups in total. The normalized spacial score (nSPS) is 12.2. The molecule has 1 aliphatic heterocycles. The van der Waals surface area contributed by atoms with Crippen molar-refractivity contribution in [2.45, 2.75) is 24.1 Å². The molecule has 10 heteroatoms. The fourth-order valence-corrected chi connectivity index (χ4v) is 4.58. The summed E-state index contributed by atoms with van der Waals surface area (Å²) in [5.74, 6) is 2.94. The number of thioether (sulfide) groups is 1. The van der Waals surface area contributed by atoms with Crippen LogP contribution in [0, 0.1) is 0 Å². The predicted molar refractivity (Wildman–Crippen MR) is 126 cm³/mol. The monoisotopic (exact) mass is 497 g/mol. The van der Waals surface area contributed by atoms with Crippen molar-refractivity contribution < 1.29 is 27.7 Å². The molecular formula is C25H21F2N3O4S. The Hall–Kier alpha value is -3.79. The number of halogens is 2. The number of aromatic nitrogens is 3. The van der Waals surface area contributed by atoms with Gasteiger partial charge in [-0.2, -0.15) is 8.78 Å². The Morgan fingerprint density at radius 2 is 1.74 bits per heavy atom. The standard InChI is InChI=1S/C25H21F2N3O4S/c1-31-21-12-17(8-10-20(21)34-24(26)27)14-35-25-29-28-23(18-5-3-2-4-6-18)30(25)13-16-7-9-19-22(11-16)33-15-32-19/h2-12,24H,13-15H2,1H3. The van der Waals surface area contributed by atoms with Gasteiger partial charge in [-0.25, -0.2) is 0 Å². The Morgan fingerprint density at radius 1 is 0.943 bits per heavy atom. The number of hydrogen-bond donors (Lipinski definition) is 0. The molecule has 0 bridgehead atoms.